The van der Waals surface area contributed by atoms with Crippen LogP contribution in [-0.2, 0) is 30.5 Å². The molecule has 2 rings (SSSR count). The summed E-state index contributed by atoms with van der Waals surface area (Å²) in [5, 5.41) is 32.0. The van der Waals surface area contributed by atoms with Crippen molar-refractivity contribution >= 4 is 35.5 Å². The van der Waals surface area contributed by atoms with Crippen LogP contribution in [0.25, 0.3) is 0 Å². The van der Waals surface area contributed by atoms with Gasteiger partial charge in [-0.25, -0.2) is 19.2 Å². The molecule has 6 N–H and O–H groups in total. The van der Waals surface area contributed by atoms with Crippen LogP contribution in [0.2, 0.25) is 5.02 Å². The zero-order valence-electron chi connectivity index (χ0n) is 19.7. The molecule has 1 saturated heterocycles. The monoisotopic (exact) mass is 530 g/mol. The number of rotatable bonds is 11. The van der Waals surface area contributed by atoms with Gasteiger partial charge in [0.15, 0.2) is 0 Å². The lowest BCUT2D eigenvalue weighted by Crippen LogP contribution is -2.23. The number of aliphatic carboxylic acids is 4. The summed E-state index contributed by atoms with van der Waals surface area (Å²) < 4.78 is 10.8. The van der Waals surface area contributed by atoms with Crippen molar-refractivity contribution in [2.45, 2.75) is 13.0 Å². The highest BCUT2D eigenvalue weighted by Crippen LogP contribution is 2.26. The zero-order valence-corrected chi connectivity index (χ0v) is 20.5. The van der Waals surface area contributed by atoms with E-state index in [1.165, 1.54) is 6.42 Å². The van der Waals surface area contributed by atoms with Crippen molar-refractivity contribution in [1.29, 1.82) is 0 Å². The van der Waals surface area contributed by atoms with Crippen LogP contribution in [0.1, 0.15) is 12.0 Å². The fraction of sp³-hybridized carbons (Fsp3) is 0.391. The third kappa shape index (κ3) is 17.1. The average Bonchev–Trinajstić information content (AvgIpc) is 3.26. The number of ether oxygens (including phenoxy) is 2. The molecule has 12 nitrogen and oxygen atoms in total. The van der Waals surface area contributed by atoms with Gasteiger partial charge < -0.3 is 35.6 Å². The number of nitrogens with zero attached hydrogens (tertiary/aromatic N) is 1. The Labute approximate surface area is 213 Å². The van der Waals surface area contributed by atoms with Crippen LogP contribution in [-0.4, -0.2) is 89.2 Å². The van der Waals surface area contributed by atoms with Gasteiger partial charge in [-0.2, -0.15) is 0 Å². The summed E-state index contributed by atoms with van der Waals surface area (Å²) in [5.74, 6) is -3.52. The second-order valence-electron chi connectivity index (χ2n) is 7.24. The Bertz CT molecular complexity index is 854. The number of benzene rings is 1. The molecule has 0 radical (unpaired) electrons. The Morgan fingerprint density at radius 2 is 1.53 bits per heavy atom. The first-order valence-corrected chi connectivity index (χ1v) is 11.0. The summed E-state index contributed by atoms with van der Waals surface area (Å²) >= 11 is 6.10. The van der Waals surface area contributed by atoms with Crippen molar-refractivity contribution in [3.05, 3.63) is 53.1 Å². The Morgan fingerprint density at radius 1 is 1.00 bits per heavy atom. The van der Waals surface area contributed by atoms with Gasteiger partial charge in [0.25, 0.3) is 0 Å². The van der Waals surface area contributed by atoms with Crippen molar-refractivity contribution < 1.29 is 49.1 Å². The number of likely N-dealkylation sites (tertiary alicyclic amines) is 1. The Hall–Kier alpha value is -3.45. The second kappa shape index (κ2) is 18.8. The fourth-order valence-electron chi connectivity index (χ4n) is 2.82. The van der Waals surface area contributed by atoms with E-state index in [1.807, 2.05) is 18.2 Å². The van der Waals surface area contributed by atoms with E-state index in [0.29, 0.717) is 43.4 Å². The summed E-state index contributed by atoms with van der Waals surface area (Å²) in [4.78, 5) is 40.6. The number of nitrogens with two attached hydrogens (primary N) is 1. The van der Waals surface area contributed by atoms with E-state index in [4.69, 9.17) is 47.2 Å². The lowest BCUT2D eigenvalue weighted by molar-refractivity contribution is -0.134. The lowest BCUT2D eigenvalue weighted by atomic mass is 10.1. The third-order valence-corrected chi connectivity index (χ3v) is 4.64. The van der Waals surface area contributed by atoms with Gasteiger partial charge in [-0.15, -0.1) is 0 Å². The van der Waals surface area contributed by atoms with Crippen LogP contribution in [0.3, 0.4) is 0 Å². The highest BCUT2D eigenvalue weighted by molar-refractivity contribution is 6.30. The van der Waals surface area contributed by atoms with E-state index >= 15 is 0 Å². The number of carboxylic acid groups (broad SMARTS) is 4. The van der Waals surface area contributed by atoms with Crippen LogP contribution in [0, 0.1) is 5.92 Å². The van der Waals surface area contributed by atoms with E-state index in [-0.39, 0.29) is 0 Å². The van der Waals surface area contributed by atoms with Crippen molar-refractivity contribution in [3.8, 4) is 5.75 Å². The Balaban J connectivity index is 0.000000634. The van der Waals surface area contributed by atoms with Crippen molar-refractivity contribution in [2.75, 3.05) is 40.0 Å². The van der Waals surface area contributed by atoms with Crippen LogP contribution < -0.4 is 10.5 Å². The zero-order chi connectivity index (χ0) is 27.5. The molecule has 0 aliphatic carbocycles. The smallest absolute Gasteiger partial charge is 0.328 e. The molecule has 200 valence electrons. The van der Waals surface area contributed by atoms with Crippen LogP contribution in [0.4, 0.5) is 0 Å². The van der Waals surface area contributed by atoms with Crippen molar-refractivity contribution in [1.82, 2.24) is 4.90 Å². The predicted octanol–water partition coefficient (Wildman–Crippen LogP) is 1.57. The maximum Gasteiger partial charge on any atom is 0.328 e. The molecule has 13 heteroatoms. The average molecular weight is 531 g/mol. The molecule has 1 fully saturated rings. The number of hydrogen-bond donors (Lipinski definition) is 5. The number of halogens is 1. The molecule has 36 heavy (non-hydrogen) atoms. The SMILES string of the molecule is COCCOc1ccc(Cl)cc1CN1CC[C@@H](CN)C1.O=C(O)/C=C/C(=O)O.O=C(O)/C=C/C(=O)O. The summed E-state index contributed by atoms with van der Waals surface area (Å²) in [7, 11) is 1.67. The number of carboxylic acids is 4. The standard InChI is InChI=1S/C15H23ClN2O2.2C4H4O4/c1-19-6-7-20-15-3-2-14(16)8-13(15)11-18-5-4-12(9-17)10-18;2*5-3(6)1-2-4(7)8/h2-3,8,12H,4-7,9-11,17H2,1H3;2*1-2H,(H,5,6)(H,7,8)/b;2*2-1+/t12-;;/m0../s1. The fourth-order valence-corrected chi connectivity index (χ4v) is 3.02. The third-order valence-electron chi connectivity index (χ3n) is 4.40. The van der Waals surface area contributed by atoms with Crippen LogP contribution in [0.5, 0.6) is 5.75 Å². The molecule has 0 unspecified atom stereocenters. The lowest BCUT2D eigenvalue weighted by Gasteiger charge is -2.18. The normalized spacial score (nSPS) is 15.0. The molecule has 1 aromatic carbocycles. The molecule has 1 heterocycles. The summed E-state index contributed by atoms with van der Waals surface area (Å²) in [5.41, 5.74) is 6.87. The van der Waals surface area contributed by atoms with Gasteiger partial charge in [0.1, 0.15) is 12.4 Å². The number of methoxy groups -OCH3 is 1. The minimum Gasteiger partial charge on any atom is -0.491 e. The van der Waals surface area contributed by atoms with E-state index in [2.05, 4.69) is 4.90 Å². The van der Waals surface area contributed by atoms with Crippen molar-refractivity contribution in [3.63, 3.8) is 0 Å². The van der Waals surface area contributed by atoms with E-state index in [1.54, 1.807) is 7.11 Å². The Kier molecular flexibility index (Phi) is 17.0. The maximum absolute atomic E-state index is 9.55. The molecule has 1 aliphatic rings. The highest BCUT2D eigenvalue weighted by Gasteiger charge is 2.22. The molecule has 1 atom stereocenters. The van der Waals surface area contributed by atoms with E-state index in [0.717, 1.165) is 42.5 Å². The molecule has 1 aromatic rings. The molecule has 0 aromatic heterocycles. The van der Waals surface area contributed by atoms with Gasteiger partial charge in [0, 0.05) is 55.1 Å². The predicted molar refractivity (Wildman–Crippen MR) is 130 cm³/mol. The van der Waals surface area contributed by atoms with Gasteiger partial charge in [-0.3, -0.25) is 4.90 Å². The first-order chi connectivity index (χ1) is 17.0. The minimum absolute atomic E-state index is 0.552. The molecule has 1 aliphatic heterocycles. The molecular formula is C23H31ClN2O10. The van der Waals surface area contributed by atoms with Gasteiger partial charge >= 0.3 is 23.9 Å². The largest absolute Gasteiger partial charge is 0.491 e. The maximum atomic E-state index is 9.55. The highest BCUT2D eigenvalue weighted by atomic mass is 35.5. The van der Waals surface area contributed by atoms with E-state index < -0.39 is 23.9 Å². The van der Waals surface area contributed by atoms with Crippen LogP contribution in [0.15, 0.2) is 42.5 Å². The molecule has 0 saturated carbocycles. The van der Waals surface area contributed by atoms with Crippen LogP contribution >= 0.6 is 11.6 Å². The van der Waals surface area contributed by atoms with Crippen molar-refractivity contribution in [2.24, 2.45) is 11.7 Å². The number of hydrogen-bond acceptors (Lipinski definition) is 8. The number of carbonyl (C=O) groups is 4. The van der Waals surface area contributed by atoms with Gasteiger partial charge in [-0.05, 0) is 43.6 Å². The quantitative estimate of drug-likeness (QED) is 0.205. The molecule has 0 spiro atoms. The van der Waals surface area contributed by atoms with Gasteiger partial charge in [-0.1, -0.05) is 11.6 Å². The second-order valence-corrected chi connectivity index (χ2v) is 7.67. The van der Waals surface area contributed by atoms with Gasteiger partial charge in [0.2, 0.25) is 0 Å². The summed E-state index contributed by atoms with van der Waals surface area (Å²) in [6.45, 7) is 4.91. The topological polar surface area (TPSA) is 197 Å². The minimum atomic E-state index is -1.26. The van der Waals surface area contributed by atoms with E-state index in [9.17, 15) is 19.2 Å². The summed E-state index contributed by atoms with van der Waals surface area (Å²) in [6, 6.07) is 5.78. The first-order valence-electron chi connectivity index (χ1n) is 10.6. The molecule has 0 bridgehead atoms. The summed E-state index contributed by atoms with van der Waals surface area (Å²) in [6.07, 6.45) is 3.41. The molecular weight excluding hydrogens is 500 g/mol. The Morgan fingerprint density at radius 3 is 1.94 bits per heavy atom. The van der Waals surface area contributed by atoms with Gasteiger partial charge in [0.05, 0.1) is 6.61 Å². The first kappa shape index (κ1) is 32.5. The molecule has 0 amide bonds.